The number of hydrogen-bond donors (Lipinski definition) is 0. The third-order valence-corrected chi connectivity index (χ3v) is 8.11. The van der Waals surface area contributed by atoms with Crippen LogP contribution in [0.1, 0.15) is 15.9 Å². The lowest BCUT2D eigenvalue weighted by Gasteiger charge is -2.36. The van der Waals surface area contributed by atoms with Crippen LogP contribution in [-0.4, -0.2) is 65.7 Å². The fourth-order valence-electron chi connectivity index (χ4n) is 4.49. The minimum atomic E-state index is -3.59. The van der Waals surface area contributed by atoms with Crippen molar-refractivity contribution < 1.29 is 27.4 Å². The minimum Gasteiger partial charge on any atom is -0.495 e. The molecule has 36 heavy (non-hydrogen) atoms. The van der Waals surface area contributed by atoms with E-state index in [4.69, 9.17) is 14.2 Å². The molecule has 0 bridgehead atoms. The maximum absolute atomic E-state index is 13.1. The predicted molar refractivity (Wildman–Crippen MR) is 136 cm³/mol. The predicted octanol–water partition coefficient (Wildman–Crippen LogP) is 3.40. The second-order valence-corrected chi connectivity index (χ2v) is 10.7. The molecule has 9 heteroatoms. The van der Waals surface area contributed by atoms with Gasteiger partial charge >= 0.3 is 0 Å². The Morgan fingerprint density at radius 3 is 2.31 bits per heavy atom. The molecule has 8 nitrogen and oxygen atoms in total. The molecular formula is C27H28N2O6S. The number of para-hydroxylation sites is 2. The molecule has 1 fully saturated rings. The number of carbonyl (C=O) groups is 1. The van der Waals surface area contributed by atoms with Gasteiger partial charge in [-0.1, -0.05) is 24.3 Å². The monoisotopic (exact) mass is 508 g/mol. The fraction of sp³-hybridized carbons (Fsp3) is 0.296. The Kier molecular flexibility index (Phi) is 6.73. The zero-order chi connectivity index (χ0) is 25.1. The van der Waals surface area contributed by atoms with Gasteiger partial charge in [0, 0.05) is 37.8 Å². The lowest BCUT2D eigenvalue weighted by atomic mass is 10.1. The third-order valence-electron chi connectivity index (χ3n) is 6.42. The first-order valence-electron chi connectivity index (χ1n) is 11.8. The molecule has 0 spiro atoms. The number of benzene rings is 3. The molecule has 0 radical (unpaired) electrons. The van der Waals surface area contributed by atoms with Crippen LogP contribution in [0.15, 0.2) is 71.6 Å². The number of sulfone groups is 1. The van der Waals surface area contributed by atoms with Crippen LogP contribution in [0.25, 0.3) is 0 Å². The number of piperazine rings is 1. The van der Waals surface area contributed by atoms with E-state index in [2.05, 4.69) is 4.90 Å². The highest BCUT2D eigenvalue weighted by Gasteiger charge is 2.24. The van der Waals surface area contributed by atoms with E-state index < -0.39 is 9.84 Å². The Labute approximate surface area is 210 Å². The molecule has 2 aliphatic heterocycles. The van der Waals surface area contributed by atoms with Crippen LogP contribution < -0.4 is 19.1 Å². The number of fused-ring (bicyclic) bond motifs is 1. The standard InChI is InChI=1S/C27H28N2O6S/c1-33-24-5-3-2-4-23(24)28-12-14-29(15-13-28)27(30)21-8-6-20(7-9-21)19-36(31,32)22-10-11-25-26(18-22)35-17-16-34-25/h2-11,18H,12-17,19H2,1H3. The smallest absolute Gasteiger partial charge is 0.253 e. The summed E-state index contributed by atoms with van der Waals surface area (Å²) in [6, 6.07) is 19.3. The number of amides is 1. The molecule has 3 aromatic rings. The van der Waals surface area contributed by atoms with Crippen molar-refractivity contribution in [1.29, 1.82) is 0 Å². The van der Waals surface area contributed by atoms with Crippen molar-refractivity contribution in [3.63, 3.8) is 0 Å². The van der Waals surface area contributed by atoms with E-state index >= 15 is 0 Å². The van der Waals surface area contributed by atoms with Crippen molar-refractivity contribution in [2.24, 2.45) is 0 Å². The summed E-state index contributed by atoms with van der Waals surface area (Å²) in [5.41, 5.74) is 2.18. The van der Waals surface area contributed by atoms with Gasteiger partial charge in [0.1, 0.15) is 19.0 Å². The molecule has 2 heterocycles. The van der Waals surface area contributed by atoms with E-state index in [-0.39, 0.29) is 16.6 Å². The maximum atomic E-state index is 13.1. The normalized spacial score (nSPS) is 15.5. The molecule has 2 aliphatic rings. The average molecular weight is 509 g/mol. The number of carbonyl (C=O) groups excluding carboxylic acids is 1. The quantitative estimate of drug-likeness (QED) is 0.505. The molecule has 5 rings (SSSR count). The first-order valence-corrected chi connectivity index (χ1v) is 13.5. The van der Waals surface area contributed by atoms with Gasteiger partial charge in [0.2, 0.25) is 0 Å². The van der Waals surface area contributed by atoms with Crippen LogP contribution >= 0.6 is 0 Å². The van der Waals surface area contributed by atoms with Crippen LogP contribution in [0, 0.1) is 0 Å². The number of anilines is 1. The van der Waals surface area contributed by atoms with Crippen molar-refractivity contribution in [1.82, 2.24) is 4.90 Å². The molecule has 0 aromatic heterocycles. The minimum absolute atomic E-state index is 0.0593. The van der Waals surface area contributed by atoms with Crippen LogP contribution in [0.5, 0.6) is 17.2 Å². The van der Waals surface area contributed by atoms with E-state index in [1.54, 1.807) is 37.4 Å². The number of hydrogen-bond acceptors (Lipinski definition) is 7. The van der Waals surface area contributed by atoms with E-state index in [1.165, 1.54) is 12.1 Å². The summed E-state index contributed by atoms with van der Waals surface area (Å²) in [7, 11) is -1.93. The summed E-state index contributed by atoms with van der Waals surface area (Å²) < 4.78 is 42.4. The van der Waals surface area contributed by atoms with Crippen molar-refractivity contribution >= 4 is 21.4 Å². The van der Waals surface area contributed by atoms with Gasteiger partial charge in [-0.25, -0.2) is 8.42 Å². The molecular weight excluding hydrogens is 480 g/mol. The Hall–Kier alpha value is -3.72. The second kappa shape index (κ2) is 10.1. The molecule has 0 atom stereocenters. The number of ether oxygens (including phenoxy) is 3. The van der Waals surface area contributed by atoms with Gasteiger partial charge in [-0.3, -0.25) is 4.79 Å². The SMILES string of the molecule is COc1ccccc1N1CCN(C(=O)c2ccc(CS(=O)(=O)c3ccc4c(c3)OCCO4)cc2)CC1. The van der Waals surface area contributed by atoms with Crippen LogP contribution in [0.3, 0.4) is 0 Å². The molecule has 1 amide bonds. The summed E-state index contributed by atoms with van der Waals surface area (Å²) in [5.74, 6) is 1.58. The Morgan fingerprint density at radius 1 is 0.889 bits per heavy atom. The fourth-order valence-corrected chi connectivity index (χ4v) is 5.85. The molecule has 0 saturated carbocycles. The lowest BCUT2D eigenvalue weighted by molar-refractivity contribution is 0.0746. The molecule has 0 unspecified atom stereocenters. The van der Waals surface area contributed by atoms with Gasteiger partial charge in [0.05, 0.1) is 23.4 Å². The van der Waals surface area contributed by atoms with E-state index in [9.17, 15) is 13.2 Å². The molecule has 0 N–H and O–H groups in total. The van der Waals surface area contributed by atoms with Gasteiger partial charge in [-0.05, 0) is 42.0 Å². The highest BCUT2D eigenvalue weighted by atomic mass is 32.2. The van der Waals surface area contributed by atoms with Crippen molar-refractivity contribution in [2.45, 2.75) is 10.6 Å². The Morgan fingerprint density at radius 2 is 1.58 bits per heavy atom. The van der Waals surface area contributed by atoms with Crippen molar-refractivity contribution in [3.05, 3.63) is 77.9 Å². The van der Waals surface area contributed by atoms with E-state index in [0.29, 0.717) is 62.0 Å². The van der Waals surface area contributed by atoms with E-state index in [1.807, 2.05) is 29.2 Å². The Bertz CT molecular complexity index is 1350. The molecule has 0 aliphatic carbocycles. The van der Waals surface area contributed by atoms with Gasteiger partial charge in [0.25, 0.3) is 5.91 Å². The Balaban J connectivity index is 1.22. The topological polar surface area (TPSA) is 85.4 Å². The first kappa shape index (κ1) is 24.0. The van der Waals surface area contributed by atoms with E-state index in [0.717, 1.165) is 11.4 Å². The second-order valence-electron chi connectivity index (χ2n) is 8.71. The van der Waals surface area contributed by atoms with Crippen LogP contribution in [-0.2, 0) is 15.6 Å². The average Bonchev–Trinajstić information content (AvgIpc) is 2.92. The van der Waals surface area contributed by atoms with Crippen LogP contribution in [0.4, 0.5) is 5.69 Å². The highest BCUT2D eigenvalue weighted by Crippen LogP contribution is 2.33. The number of nitrogens with zero attached hydrogens (tertiary/aromatic N) is 2. The molecule has 3 aromatic carbocycles. The molecule has 1 saturated heterocycles. The van der Waals surface area contributed by atoms with Gasteiger partial charge in [-0.15, -0.1) is 0 Å². The summed E-state index contributed by atoms with van der Waals surface area (Å²) in [4.78, 5) is 17.3. The van der Waals surface area contributed by atoms with Gasteiger partial charge < -0.3 is 24.0 Å². The summed E-state index contributed by atoms with van der Waals surface area (Å²) in [5, 5.41) is 0. The van der Waals surface area contributed by atoms with Crippen molar-refractivity contribution in [2.75, 3.05) is 51.4 Å². The van der Waals surface area contributed by atoms with Crippen LogP contribution in [0.2, 0.25) is 0 Å². The summed E-state index contributed by atoms with van der Waals surface area (Å²) >= 11 is 0. The first-order chi connectivity index (χ1) is 17.4. The van der Waals surface area contributed by atoms with Crippen molar-refractivity contribution in [3.8, 4) is 17.2 Å². The number of methoxy groups -OCH3 is 1. The maximum Gasteiger partial charge on any atom is 0.253 e. The zero-order valence-corrected chi connectivity index (χ0v) is 20.9. The highest BCUT2D eigenvalue weighted by molar-refractivity contribution is 7.90. The largest absolute Gasteiger partial charge is 0.495 e. The lowest BCUT2D eigenvalue weighted by Crippen LogP contribution is -2.48. The summed E-state index contributed by atoms with van der Waals surface area (Å²) in [6.07, 6.45) is 0. The summed E-state index contributed by atoms with van der Waals surface area (Å²) in [6.45, 7) is 3.44. The third kappa shape index (κ3) is 4.97. The molecule has 188 valence electrons. The number of rotatable bonds is 6. The zero-order valence-electron chi connectivity index (χ0n) is 20.1. The van der Waals surface area contributed by atoms with Gasteiger partial charge in [-0.2, -0.15) is 0 Å². The van der Waals surface area contributed by atoms with Gasteiger partial charge in [0.15, 0.2) is 21.3 Å².